The van der Waals surface area contributed by atoms with Gasteiger partial charge in [0.25, 0.3) is 0 Å². The summed E-state index contributed by atoms with van der Waals surface area (Å²) in [5.74, 6) is 0.662. The highest BCUT2D eigenvalue weighted by atomic mass is 79.9. The van der Waals surface area contributed by atoms with Gasteiger partial charge in [-0.3, -0.25) is 0 Å². The Morgan fingerprint density at radius 1 is 1.44 bits per heavy atom. The zero-order valence-corrected chi connectivity index (χ0v) is 11.6. The van der Waals surface area contributed by atoms with Crippen molar-refractivity contribution < 1.29 is 0 Å². The van der Waals surface area contributed by atoms with Crippen LogP contribution >= 0.6 is 15.9 Å². The second-order valence-corrected chi connectivity index (χ2v) is 5.12. The number of hydrogen-bond acceptors (Lipinski definition) is 2. The fourth-order valence-electron chi connectivity index (χ4n) is 1.56. The van der Waals surface area contributed by atoms with E-state index in [1.807, 2.05) is 18.2 Å². The third-order valence-electron chi connectivity index (χ3n) is 2.73. The van der Waals surface area contributed by atoms with Crippen molar-refractivity contribution in [2.24, 2.45) is 5.92 Å². The molecule has 0 aliphatic heterocycles. The quantitative estimate of drug-likeness (QED) is 0.839. The molecule has 0 saturated heterocycles. The van der Waals surface area contributed by atoms with Gasteiger partial charge in [0.15, 0.2) is 0 Å². The Labute approximate surface area is 106 Å². The van der Waals surface area contributed by atoms with Gasteiger partial charge in [-0.25, -0.2) is 0 Å². The monoisotopic (exact) mass is 280 g/mol. The van der Waals surface area contributed by atoms with E-state index < -0.39 is 0 Å². The lowest BCUT2D eigenvalue weighted by Gasteiger charge is -2.23. The van der Waals surface area contributed by atoms with Crippen LogP contribution in [-0.2, 0) is 0 Å². The molecule has 0 spiro atoms. The largest absolute Gasteiger partial charge is 0.374 e. The van der Waals surface area contributed by atoms with Crippen LogP contribution < -0.4 is 4.90 Å². The van der Waals surface area contributed by atoms with Crippen LogP contribution in [0, 0.1) is 17.2 Å². The highest BCUT2D eigenvalue weighted by Crippen LogP contribution is 2.22. The van der Waals surface area contributed by atoms with Crippen LogP contribution in [0.1, 0.15) is 25.8 Å². The first-order valence-corrected chi connectivity index (χ1v) is 6.28. The lowest BCUT2D eigenvalue weighted by atomic mass is 10.1. The van der Waals surface area contributed by atoms with Crippen molar-refractivity contribution in [1.29, 1.82) is 5.26 Å². The zero-order chi connectivity index (χ0) is 12.1. The van der Waals surface area contributed by atoms with Gasteiger partial charge in [-0.05, 0) is 24.1 Å². The average molecular weight is 281 g/mol. The first-order chi connectivity index (χ1) is 7.56. The number of nitriles is 1. The minimum atomic E-state index is 0.662. The molecule has 86 valence electrons. The molecule has 0 amide bonds. The number of benzene rings is 1. The minimum absolute atomic E-state index is 0.662. The van der Waals surface area contributed by atoms with E-state index in [1.165, 1.54) is 6.42 Å². The Morgan fingerprint density at radius 3 is 2.69 bits per heavy atom. The second-order valence-electron chi connectivity index (χ2n) is 4.20. The Morgan fingerprint density at radius 2 is 2.12 bits per heavy atom. The summed E-state index contributed by atoms with van der Waals surface area (Å²) in [4.78, 5) is 2.19. The summed E-state index contributed by atoms with van der Waals surface area (Å²) in [5, 5.41) is 8.91. The SMILES string of the molecule is CCC(C)CN(C)c1cc(Br)cc(C#N)c1. The van der Waals surface area contributed by atoms with Gasteiger partial charge in [0.2, 0.25) is 0 Å². The Hall–Kier alpha value is -1.01. The maximum atomic E-state index is 8.91. The van der Waals surface area contributed by atoms with Crippen LogP contribution in [0.2, 0.25) is 0 Å². The smallest absolute Gasteiger partial charge is 0.0992 e. The number of anilines is 1. The molecule has 1 aromatic carbocycles. The van der Waals surface area contributed by atoms with Crippen LogP contribution in [0.5, 0.6) is 0 Å². The molecule has 1 rings (SSSR count). The molecule has 0 saturated carbocycles. The van der Waals surface area contributed by atoms with Gasteiger partial charge in [-0.1, -0.05) is 36.2 Å². The molecule has 0 aliphatic rings. The molecule has 1 unspecified atom stereocenters. The van der Waals surface area contributed by atoms with E-state index in [9.17, 15) is 0 Å². The van der Waals surface area contributed by atoms with Gasteiger partial charge in [0.05, 0.1) is 11.6 Å². The highest BCUT2D eigenvalue weighted by Gasteiger charge is 2.07. The van der Waals surface area contributed by atoms with Crippen molar-refractivity contribution in [2.45, 2.75) is 20.3 Å². The molecule has 0 fully saturated rings. The first-order valence-electron chi connectivity index (χ1n) is 5.48. The van der Waals surface area contributed by atoms with Crippen molar-refractivity contribution in [1.82, 2.24) is 0 Å². The molecule has 2 nitrogen and oxygen atoms in total. The molecule has 1 aromatic rings. The third-order valence-corrected chi connectivity index (χ3v) is 3.19. The van der Waals surface area contributed by atoms with E-state index in [2.05, 4.69) is 47.8 Å². The first kappa shape index (κ1) is 13.1. The molecule has 3 heteroatoms. The Kier molecular flexibility index (Phi) is 4.82. The summed E-state index contributed by atoms with van der Waals surface area (Å²) in [5.41, 5.74) is 1.78. The van der Waals surface area contributed by atoms with Gasteiger partial charge < -0.3 is 4.90 Å². The van der Waals surface area contributed by atoms with E-state index in [0.29, 0.717) is 11.5 Å². The molecular formula is C13H17BrN2. The maximum absolute atomic E-state index is 8.91. The van der Waals surface area contributed by atoms with Crippen LogP contribution in [0.4, 0.5) is 5.69 Å². The lowest BCUT2D eigenvalue weighted by molar-refractivity contribution is 0.560. The molecule has 0 bridgehead atoms. The van der Waals surface area contributed by atoms with E-state index in [-0.39, 0.29) is 0 Å². The van der Waals surface area contributed by atoms with Gasteiger partial charge >= 0.3 is 0 Å². The summed E-state index contributed by atoms with van der Waals surface area (Å²) in [7, 11) is 2.06. The molecule has 0 heterocycles. The summed E-state index contributed by atoms with van der Waals surface area (Å²) >= 11 is 3.43. The van der Waals surface area contributed by atoms with E-state index in [1.54, 1.807) is 0 Å². The predicted octanol–water partition coefficient (Wildman–Crippen LogP) is 3.80. The van der Waals surface area contributed by atoms with Crippen molar-refractivity contribution in [2.75, 3.05) is 18.5 Å². The van der Waals surface area contributed by atoms with Crippen LogP contribution in [-0.4, -0.2) is 13.6 Å². The third kappa shape index (κ3) is 3.53. The van der Waals surface area contributed by atoms with Gasteiger partial charge in [-0.15, -0.1) is 0 Å². The summed E-state index contributed by atoms with van der Waals surface area (Å²) in [6.45, 7) is 5.44. The summed E-state index contributed by atoms with van der Waals surface area (Å²) in [6, 6.07) is 7.98. The Balaban J connectivity index is 2.87. The van der Waals surface area contributed by atoms with Crippen molar-refractivity contribution in [3.05, 3.63) is 28.2 Å². The maximum Gasteiger partial charge on any atom is 0.0992 e. The van der Waals surface area contributed by atoms with Crippen molar-refractivity contribution in [3.63, 3.8) is 0 Å². The molecule has 0 aromatic heterocycles. The van der Waals surface area contributed by atoms with Gasteiger partial charge in [-0.2, -0.15) is 5.26 Å². The van der Waals surface area contributed by atoms with Crippen LogP contribution in [0.3, 0.4) is 0 Å². The van der Waals surface area contributed by atoms with Gasteiger partial charge in [0, 0.05) is 23.8 Å². The number of rotatable bonds is 4. The van der Waals surface area contributed by atoms with E-state index >= 15 is 0 Å². The molecular weight excluding hydrogens is 264 g/mol. The lowest BCUT2D eigenvalue weighted by Crippen LogP contribution is -2.23. The van der Waals surface area contributed by atoms with Crippen LogP contribution in [0.15, 0.2) is 22.7 Å². The van der Waals surface area contributed by atoms with Crippen molar-refractivity contribution in [3.8, 4) is 6.07 Å². The topological polar surface area (TPSA) is 27.0 Å². The van der Waals surface area contributed by atoms with E-state index in [4.69, 9.17) is 5.26 Å². The molecule has 16 heavy (non-hydrogen) atoms. The standard InChI is InChI=1S/C13H17BrN2/c1-4-10(2)9-16(3)13-6-11(8-15)5-12(14)7-13/h5-7,10H,4,9H2,1-3H3. The summed E-state index contributed by atoms with van der Waals surface area (Å²) < 4.78 is 0.956. The predicted molar refractivity (Wildman–Crippen MR) is 71.6 cm³/mol. The molecule has 0 aliphatic carbocycles. The number of nitrogens with zero attached hydrogens (tertiary/aromatic N) is 2. The molecule has 1 atom stereocenters. The van der Waals surface area contributed by atoms with Gasteiger partial charge in [0.1, 0.15) is 0 Å². The average Bonchev–Trinajstić information content (AvgIpc) is 2.27. The fourth-order valence-corrected chi connectivity index (χ4v) is 2.04. The second kappa shape index (κ2) is 5.91. The van der Waals surface area contributed by atoms with E-state index in [0.717, 1.165) is 16.7 Å². The Bertz CT molecular complexity index is 395. The highest BCUT2D eigenvalue weighted by molar-refractivity contribution is 9.10. The zero-order valence-electron chi connectivity index (χ0n) is 10.00. The number of halogens is 1. The molecule has 0 N–H and O–H groups in total. The van der Waals surface area contributed by atoms with Crippen LogP contribution in [0.25, 0.3) is 0 Å². The summed E-state index contributed by atoms with van der Waals surface area (Å²) in [6.07, 6.45) is 1.17. The normalized spacial score (nSPS) is 11.9. The minimum Gasteiger partial charge on any atom is -0.374 e. The molecule has 0 radical (unpaired) electrons. The number of hydrogen-bond donors (Lipinski definition) is 0. The van der Waals surface area contributed by atoms with Crippen molar-refractivity contribution >= 4 is 21.6 Å². The fraction of sp³-hybridized carbons (Fsp3) is 0.462.